The molecule has 16 heavy (non-hydrogen) atoms. The molecule has 82 valence electrons. The van der Waals surface area contributed by atoms with E-state index < -0.39 is 0 Å². The monoisotopic (exact) mass is 233 g/mol. The van der Waals surface area contributed by atoms with Gasteiger partial charge in [-0.1, -0.05) is 23.8 Å². The summed E-state index contributed by atoms with van der Waals surface area (Å²) in [6.45, 7) is 0. The summed E-state index contributed by atoms with van der Waals surface area (Å²) in [4.78, 5) is 4.06. The first-order valence-corrected chi connectivity index (χ1v) is 5.88. The standard InChI is InChI=1S/C12H12ClN3/c13-12-6-11-9(7-14-12)8-15-16(11)10-4-2-1-3-5-10/h2,4,6-8,10H,1,3,5H2. The van der Waals surface area contributed by atoms with E-state index in [0.717, 1.165) is 17.3 Å². The summed E-state index contributed by atoms with van der Waals surface area (Å²) in [5, 5.41) is 5.99. The van der Waals surface area contributed by atoms with Crippen molar-refractivity contribution in [2.45, 2.75) is 25.3 Å². The van der Waals surface area contributed by atoms with E-state index in [0.29, 0.717) is 11.2 Å². The summed E-state index contributed by atoms with van der Waals surface area (Å²) in [6.07, 6.45) is 11.6. The molecule has 0 fully saturated rings. The quantitative estimate of drug-likeness (QED) is 0.559. The molecule has 0 N–H and O–H groups in total. The van der Waals surface area contributed by atoms with Gasteiger partial charge in [0.15, 0.2) is 0 Å². The number of pyridine rings is 1. The molecule has 0 saturated heterocycles. The van der Waals surface area contributed by atoms with E-state index in [1.807, 2.05) is 16.9 Å². The summed E-state index contributed by atoms with van der Waals surface area (Å²) >= 11 is 5.92. The van der Waals surface area contributed by atoms with Gasteiger partial charge >= 0.3 is 0 Å². The highest BCUT2D eigenvalue weighted by Crippen LogP contribution is 2.26. The van der Waals surface area contributed by atoms with Gasteiger partial charge in [-0.2, -0.15) is 5.10 Å². The molecule has 1 aliphatic carbocycles. The third-order valence-corrected chi connectivity index (χ3v) is 3.20. The van der Waals surface area contributed by atoms with Crippen molar-refractivity contribution in [3.05, 3.63) is 35.8 Å². The van der Waals surface area contributed by atoms with Gasteiger partial charge in [0.2, 0.25) is 0 Å². The minimum atomic E-state index is 0.365. The largest absolute Gasteiger partial charge is 0.258 e. The van der Waals surface area contributed by atoms with Crippen LogP contribution in [-0.4, -0.2) is 14.8 Å². The van der Waals surface area contributed by atoms with Gasteiger partial charge < -0.3 is 0 Å². The van der Waals surface area contributed by atoms with Crippen LogP contribution in [0.2, 0.25) is 5.15 Å². The molecule has 3 rings (SSSR count). The lowest BCUT2D eigenvalue weighted by molar-refractivity contribution is 0.487. The van der Waals surface area contributed by atoms with Crippen LogP contribution in [0, 0.1) is 0 Å². The van der Waals surface area contributed by atoms with Crippen molar-refractivity contribution in [3.63, 3.8) is 0 Å². The second-order valence-corrected chi connectivity index (χ2v) is 4.47. The van der Waals surface area contributed by atoms with E-state index in [4.69, 9.17) is 11.6 Å². The average molecular weight is 234 g/mol. The average Bonchev–Trinajstić information content (AvgIpc) is 2.73. The maximum absolute atomic E-state index is 5.92. The van der Waals surface area contributed by atoms with Gasteiger partial charge in [0.25, 0.3) is 0 Å². The molecule has 0 saturated carbocycles. The first-order valence-electron chi connectivity index (χ1n) is 5.50. The van der Waals surface area contributed by atoms with Crippen LogP contribution in [0.25, 0.3) is 10.9 Å². The lowest BCUT2D eigenvalue weighted by Crippen LogP contribution is -2.10. The second-order valence-electron chi connectivity index (χ2n) is 4.08. The highest BCUT2D eigenvalue weighted by molar-refractivity contribution is 6.29. The number of fused-ring (bicyclic) bond motifs is 1. The number of hydrogen-bond acceptors (Lipinski definition) is 2. The van der Waals surface area contributed by atoms with Crippen molar-refractivity contribution in [2.24, 2.45) is 0 Å². The van der Waals surface area contributed by atoms with E-state index in [1.165, 1.54) is 12.8 Å². The molecule has 2 aromatic rings. The topological polar surface area (TPSA) is 30.7 Å². The zero-order valence-electron chi connectivity index (χ0n) is 8.81. The van der Waals surface area contributed by atoms with Crippen LogP contribution in [0.1, 0.15) is 25.3 Å². The van der Waals surface area contributed by atoms with E-state index in [9.17, 15) is 0 Å². The molecule has 0 aliphatic heterocycles. The maximum Gasteiger partial charge on any atom is 0.131 e. The fraction of sp³-hybridized carbons (Fsp3) is 0.333. The van der Waals surface area contributed by atoms with Gasteiger partial charge in [-0.25, -0.2) is 4.98 Å². The Labute approximate surface area is 98.7 Å². The third kappa shape index (κ3) is 1.61. The van der Waals surface area contributed by atoms with Crippen LogP contribution in [0.15, 0.2) is 30.6 Å². The lowest BCUT2D eigenvalue weighted by atomic mass is 10.0. The maximum atomic E-state index is 5.92. The first kappa shape index (κ1) is 9.85. The van der Waals surface area contributed by atoms with Crippen LogP contribution in [0.3, 0.4) is 0 Å². The summed E-state index contributed by atoms with van der Waals surface area (Å²) in [5.41, 5.74) is 1.07. The van der Waals surface area contributed by atoms with Crippen molar-refractivity contribution in [1.29, 1.82) is 0 Å². The SMILES string of the molecule is Clc1cc2c(cn1)cnn2C1C=CCCC1. The molecular formula is C12H12ClN3. The molecule has 0 spiro atoms. The van der Waals surface area contributed by atoms with Gasteiger partial charge in [0.1, 0.15) is 5.15 Å². The van der Waals surface area contributed by atoms with Gasteiger partial charge in [-0.3, -0.25) is 4.68 Å². The number of halogens is 1. The van der Waals surface area contributed by atoms with E-state index in [1.54, 1.807) is 6.20 Å². The minimum absolute atomic E-state index is 0.365. The Morgan fingerprint density at radius 2 is 2.31 bits per heavy atom. The van der Waals surface area contributed by atoms with Crippen LogP contribution < -0.4 is 0 Å². The fourth-order valence-electron chi connectivity index (χ4n) is 2.18. The molecule has 1 atom stereocenters. The minimum Gasteiger partial charge on any atom is -0.258 e. The second kappa shape index (κ2) is 3.91. The summed E-state index contributed by atoms with van der Waals surface area (Å²) in [6, 6.07) is 2.25. The van der Waals surface area contributed by atoms with Crippen molar-refractivity contribution in [2.75, 3.05) is 0 Å². The van der Waals surface area contributed by atoms with E-state index in [-0.39, 0.29) is 0 Å². The smallest absolute Gasteiger partial charge is 0.131 e. The number of allylic oxidation sites excluding steroid dienone is 2. The Balaban J connectivity index is 2.12. The number of aromatic nitrogens is 3. The van der Waals surface area contributed by atoms with Gasteiger partial charge in [0.05, 0.1) is 17.8 Å². The number of nitrogens with zero attached hydrogens (tertiary/aromatic N) is 3. The Morgan fingerprint density at radius 3 is 3.12 bits per heavy atom. The summed E-state index contributed by atoms with van der Waals surface area (Å²) in [5.74, 6) is 0. The molecule has 3 nitrogen and oxygen atoms in total. The zero-order chi connectivity index (χ0) is 11.0. The molecule has 0 aromatic carbocycles. The molecule has 1 aliphatic rings. The highest BCUT2D eigenvalue weighted by Gasteiger charge is 2.14. The van der Waals surface area contributed by atoms with E-state index >= 15 is 0 Å². The third-order valence-electron chi connectivity index (χ3n) is 2.99. The molecule has 0 amide bonds. The number of rotatable bonds is 1. The normalized spacial score (nSPS) is 20.4. The van der Waals surface area contributed by atoms with Crippen LogP contribution in [0.5, 0.6) is 0 Å². The lowest BCUT2D eigenvalue weighted by Gasteiger charge is -2.17. The Kier molecular flexibility index (Phi) is 2.40. The van der Waals surface area contributed by atoms with Crippen molar-refractivity contribution >= 4 is 22.5 Å². The predicted molar refractivity (Wildman–Crippen MR) is 64.6 cm³/mol. The van der Waals surface area contributed by atoms with Crippen molar-refractivity contribution < 1.29 is 0 Å². The molecule has 1 unspecified atom stereocenters. The first-order chi connectivity index (χ1) is 7.84. The molecule has 0 radical (unpaired) electrons. The Morgan fingerprint density at radius 1 is 1.38 bits per heavy atom. The van der Waals surface area contributed by atoms with Crippen LogP contribution >= 0.6 is 11.6 Å². The molecule has 2 heterocycles. The van der Waals surface area contributed by atoms with E-state index in [2.05, 4.69) is 22.2 Å². The zero-order valence-corrected chi connectivity index (χ0v) is 9.56. The summed E-state index contributed by atoms with van der Waals surface area (Å²) in [7, 11) is 0. The number of hydrogen-bond donors (Lipinski definition) is 0. The Hall–Kier alpha value is -1.35. The van der Waals surface area contributed by atoms with Gasteiger partial charge in [-0.05, 0) is 19.3 Å². The van der Waals surface area contributed by atoms with Crippen LogP contribution in [-0.2, 0) is 0 Å². The van der Waals surface area contributed by atoms with Gasteiger partial charge in [0, 0.05) is 17.6 Å². The van der Waals surface area contributed by atoms with Crippen molar-refractivity contribution in [3.8, 4) is 0 Å². The predicted octanol–water partition coefficient (Wildman–Crippen LogP) is 3.37. The van der Waals surface area contributed by atoms with Crippen LogP contribution in [0.4, 0.5) is 0 Å². The highest BCUT2D eigenvalue weighted by atomic mass is 35.5. The molecule has 4 heteroatoms. The summed E-state index contributed by atoms with van der Waals surface area (Å²) < 4.78 is 2.04. The van der Waals surface area contributed by atoms with Crippen molar-refractivity contribution in [1.82, 2.24) is 14.8 Å². The Bertz CT molecular complexity index is 544. The molecule has 2 aromatic heterocycles. The molecular weight excluding hydrogens is 222 g/mol. The van der Waals surface area contributed by atoms with Gasteiger partial charge in [-0.15, -0.1) is 0 Å². The molecule has 0 bridgehead atoms. The fourth-order valence-corrected chi connectivity index (χ4v) is 2.33.